The van der Waals surface area contributed by atoms with Crippen LogP contribution < -0.4 is 25.7 Å². The molecule has 35 heavy (non-hydrogen) atoms. The number of para-hydroxylation sites is 1. The first-order valence-corrected chi connectivity index (χ1v) is 12.1. The zero-order valence-corrected chi connectivity index (χ0v) is 20.1. The number of nitrogens with one attached hydrogen (secondary N) is 3. The van der Waals surface area contributed by atoms with Crippen molar-refractivity contribution in [1.29, 1.82) is 0 Å². The number of piperidine rings is 1. The molecule has 0 amide bonds. The fourth-order valence-electron chi connectivity index (χ4n) is 4.33. The highest BCUT2D eigenvalue weighted by atomic mass is 35.5. The van der Waals surface area contributed by atoms with Gasteiger partial charge in [0.15, 0.2) is 0 Å². The number of aromatic nitrogens is 3. The maximum atomic E-state index is 12.7. The lowest BCUT2D eigenvalue weighted by molar-refractivity contribution is 0.341. The minimum Gasteiger partial charge on any atom is -0.492 e. The predicted molar refractivity (Wildman–Crippen MR) is 137 cm³/mol. The number of nitrogens with zero attached hydrogens (tertiary/aromatic N) is 2. The molecule has 9 heteroatoms. The van der Waals surface area contributed by atoms with Gasteiger partial charge in [0, 0.05) is 11.5 Å². The van der Waals surface area contributed by atoms with Crippen LogP contribution in [-0.4, -0.2) is 34.9 Å². The van der Waals surface area contributed by atoms with Gasteiger partial charge in [0.2, 0.25) is 5.88 Å². The molecule has 4 aromatic rings. The third-order valence-electron chi connectivity index (χ3n) is 6.04. The summed E-state index contributed by atoms with van der Waals surface area (Å²) in [6.45, 7) is 4.49. The zero-order chi connectivity index (χ0) is 24.2. The number of aromatic amines is 1. The lowest BCUT2D eigenvalue weighted by Crippen LogP contribution is -2.26. The van der Waals surface area contributed by atoms with E-state index in [0.717, 1.165) is 25.9 Å². The number of ether oxygens (including phenoxy) is 2. The zero-order valence-electron chi connectivity index (χ0n) is 19.3. The number of halogens is 1. The molecular formula is C26H26ClN5O3. The Bertz CT molecular complexity index is 1400. The largest absolute Gasteiger partial charge is 0.492 e. The second-order valence-corrected chi connectivity index (χ2v) is 8.75. The molecule has 3 heterocycles. The summed E-state index contributed by atoms with van der Waals surface area (Å²) in [6.07, 6.45) is 3.75. The van der Waals surface area contributed by atoms with Crippen molar-refractivity contribution < 1.29 is 9.47 Å². The van der Waals surface area contributed by atoms with Gasteiger partial charge < -0.3 is 20.1 Å². The molecule has 3 N–H and O–H groups in total. The molecule has 1 saturated heterocycles. The number of fused-ring (bicyclic) bond motifs is 1. The van der Waals surface area contributed by atoms with Gasteiger partial charge in [0.1, 0.15) is 17.3 Å². The number of rotatable bonds is 7. The Morgan fingerprint density at radius 1 is 1.11 bits per heavy atom. The first-order valence-electron chi connectivity index (χ1n) is 11.7. The third-order valence-corrected chi connectivity index (χ3v) is 6.36. The second kappa shape index (κ2) is 10.3. The molecule has 0 radical (unpaired) electrons. The number of anilines is 2. The van der Waals surface area contributed by atoms with Gasteiger partial charge in [-0.05, 0) is 68.6 Å². The van der Waals surface area contributed by atoms with Crippen molar-refractivity contribution in [3.05, 3.63) is 75.7 Å². The molecule has 0 atom stereocenters. The third kappa shape index (κ3) is 5.08. The molecule has 8 nitrogen and oxygen atoms in total. The van der Waals surface area contributed by atoms with Gasteiger partial charge in [-0.15, -0.1) is 0 Å². The van der Waals surface area contributed by atoms with Gasteiger partial charge in [0.05, 0.1) is 28.9 Å². The summed E-state index contributed by atoms with van der Waals surface area (Å²) >= 11 is 6.27. The van der Waals surface area contributed by atoms with Crippen LogP contribution in [-0.2, 0) is 0 Å². The van der Waals surface area contributed by atoms with Crippen molar-refractivity contribution in [2.45, 2.75) is 25.7 Å². The van der Waals surface area contributed by atoms with Gasteiger partial charge in [-0.3, -0.25) is 4.79 Å². The van der Waals surface area contributed by atoms with Crippen molar-refractivity contribution in [2.24, 2.45) is 0 Å². The van der Waals surface area contributed by atoms with Crippen LogP contribution in [0.25, 0.3) is 10.8 Å². The molecule has 0 aliphatic carbocycles. The van der Waals surface area contributed by atoms with E-state index < -0.39 is 0 Å². The molecule has 0 unspecified atom stereocenters. The first-order chi connectivity index (χ1) is 17.1. The summed E-state index contributed by atoms with van der Waals surface area (Å²) in [5, 5.41) is 14.5. The summed E-state index contributed by atoms with van der Waals surface area (Å²) in [5.74, 6) is 2.28. The van der Waals surface area contributed by atoms with Gasteiger partial charge >= 0.3 is 0 Å². The van der Waals surface area contributed by atoms with Crippen LogP contribution in [0.5, 0.6) is 17.4 Å². The Labute approximate surface area is 207 Å². The molecule has 2 aromatic carbocycles. The molecule has 0 spiro atoms. The average molecular weight is 492 g/mol. The molecule has 0 bridgehead atoms. The summed E-state index contributed by atoms with van der Waals surface area (Å²) in [6, 6.07) is 15.0. The lowest BCUT2D eigenvalue weighted by Gasteiger charge is -2.24. The van der Waals surface area contributed by atoms with Crippen LogP contribution >= 0.6 is 11.6 Å². The lowest BCUT2D eigenvalue weighted by atomic mass is 9.90. The highest BCUT2D eigenvalue weighted by molar-refractivity contribution is 6.32. The Balaban J connectivity index is 1.54. The maximum absolute atomic E-state index is 12.7. The highest BCUT2D eigenvalue weighted by Gasteiger charge is 2.19. The molecule has 180 valence electrons. The maximum Gasteiger partial charge on any atom is 0.275 e. The molecule has 0 saturated carbocycles. The summed E-state index contributed by atoms with van der Waals surface area (Å²) in [5.41, 5.74) is 1.60. The van der Waals surface area contributed by atoms with Crippen LogP contribution in [0.15, 0.2) is 59.5 Å². The number of H-pyrrole nitrogens is 1. The quantitative estimate of drug-likeness (QED) is 0.319. The van der Waals surface area contributed by atoms with E-state index in [1.165, 1.54) is 5.56 Å². The number of hydrogen-bond donors (Lipinski definition) is 3. The fraction of sp³-hybridized carbons (Fsp3) is 0.269. The second-order valence-electron chi connectivity index (χ2n) is 8.34. The van der Waals surface area contributed by atoms with E-state index in [2.05, 4.69) is 37.9 Å². The SMILES string of the molecule is CCOc1cc(C2CCNCC2)ccc1Nc1nc(Oc2ccccc2Cl)cc2cn[nH]c(=O)c12. The van der Waals surface area contributed by atoms with Crippen LogP contribution in [0, 0.1) is 0 Å². The van der Waals surface area contributed by atoms with Gasteiger partial charge in [-0.2, -0.15) is 10.1 Å². The summed E-state index contributed by atoms with van der Waals surface area (Å²) in [4.78, 5) is 17.3. The molecule has 5 rings (SSSR count). The van der Waals surface area contributed by atoms with Gasteiger partial charge in [0.25, 0.3) is 5.56 Å². The van der Waals surface area contributed by atoms with Crippen LogP contribution in [0.1, 0.15) is 31.2 Å². The van der Waals surface area contributed by atoms with Crippen molar-refractivity contribution >= 4 is 33.9 Å². The Kier molecular flexibility index (Phi) is 6.83. The van der Waals surface area contributed by atoms with E-state index in [1.54, 1.807) is 24.4 Å². The monoisotopic (exact) mass is 491 g/mol. The molecular weight excluding hydrogens is 466 g/mol. The molecule has 1 aliphatic rings. The topological polar surface area (TPSA) is 101 Å². The van der Waals surface area contributed by atoms with E-state index in [9.17, 15) is 4.79 Å². The minimum atomic E-state index is -0.355. The van der Waals surface area contributed by atoms with E-state index in [4.69, 9.17) is 21.1 Å². The van der Waals surface area contributed by atoms with Gasteiger partial charge in [-0.1, -0.05) is 29.8 Å². The van der Waals surface area contributed by atoms with Crippen molar-refractivity contribution in [1.82, 2.24) is 20.5 Å². The van der Waals surface area contributed by atoms with Crippen LogP contribution in [0.4, 0.5) is 11.5 Å². The summed E-state index contributed by atoms with van der Waals surface area (Å²) in [7, 11) is 0. The van der Waals surface area contributed by atoms with Crippen molar-refractivity contribution in [3.8, 4) is 17.4 Å². The number of hydrogen-bond acceptors (Lipinski definition) is 7. The van der Waals surface area contributed by atoms with Crippen molar-refractivity contribution in [3.63, 3.8) is 0 Å². The summed E-state index contributed by atoms with van der Waals surface area (Å²) < 4.78 is 11.9. The predicted octanol–water partition coefficient (Wildman–Crippen LogP) is 5.37. The number of benzene rings is 2. The molecule has 1 aliphatic heterocycles. The standard InChI is InChI=1S/C26H26ClN5O3/c1-2-34-22-13-17(16-9-11-28-12-10-16)7-8-20(22)30-25-24-18(15-29-32-26(24)33)14-23(31-25)35-21-6-4-3-5-19(21)27/h3-8,13-16,28H,2,9-12H2,1H3,(H,30,31)(H,32,33). The highest BCUT2D eigenvalue weighted by Crippen LogP contribution is 2.36. The fourth-order valence-corrected chi connectivity index (χ4v) is 4.51. The normalized spacial score (nSPS) is 14.1. The first kappa shape index (κ1) is 23.1. The Hall–Kier alpha value is -3.62. The van der Waals surface area contributed by atoms with Crippen molar-refractivity contribution in [2.75, 3.05) is 25.0 Å². The Morgan fingerprint density at radius 3 is 2.74 bits per heavy atom. The number of pyridine rings is 1. The van der Waals surface area contributed by atoms with E-state index in [0.29, 0.717) is 51.3 Å². The average Bonchev–Trinajstić information content (AvgIpc) is 2.87. The van der Waals surface area contributed by atoms with E-state index in [1.807, 2.05) is 25.1 Å². The van der Waals surface area contributed by atoms with E-state index >= 15 is 0 Å². The molecule has 1 fully saturated rings. The van der Waals surface area contributed by atoms with Gasteiger partial charge in [-0.25, -0.2) is 5.10 Å². The molecule has 2 aromatic heterocycles. The van der Waals surface area contributed by atoms with E-state index in [-0.39, 0.29) is 11.4 Å². The Morgan fingerprint density at radius 2 is 1.94 bits per heavy atom. The van der Waals surface area contributed by atoms with Crippen LogP contribution in [0.2, 0.25) is 5.02 Å². The smallest absolute Gasteiger partial charge is 0.275 e. The minimum absolute atomic E-state index is 0.282. The van der Waals surface area contributed by atoms with Crippen LogP contribution in [0.3, 0.4) is 0 Å².